The van der Waals surface area contributed by atoms with Crippen LogP contribution >= 0.6 is 11.6 Å². The number of rotatable bonds is 4. The first-order chi connectivity index (χ1) is 9.90. The summed E-state index contributed by atoms with van der Waals surface area (Å²) in [5.41, 5.74) is -0.502. The van der Waals surface area contributed by atoms with E-state index in [-0.39, 0.29) is 16.5 Å². The highest BCUT2D eigenvalue weighted by atomic mass is 35.5. The summed E-state index contributed by atoms with van der Waals surface area (Å²) in [6.07, 6.45) is -3.02. The highest BCUT2D eigenvalue weighted by molar-refractivity contribution is 6.32. The summed E-state index contributed by atoms with van der Waals surface area (Å²) in [6.45, 7) is 2.49. The Bertz CT molecular complexity index is 631. The fraction of sp³-hybridized carbons (Fsp3) is 0.231. The quantitative estimate of drug-likeness (QED) is 0.881. The summed E-state index contributed by atoms with van der Waals surface area (Å²) in [4.78, 5) is 8.06. The van der Waals surface area contributed by atoms with Crippen LogP contribution in [0.15, 0.2) is 30.5 Å². The Morgan fingerprint density at radius 1 is 1.29 bits per heavy atom. The molecule has 8 heteroatoms. The van der Waals surface area contributed by atoms with Gasteiger partial charge in [-0.05, 0) is 25.1 Å². The third-order valence-corrected chi connectivity index (χ3v) is 2.81. The summed E-state index contributed by atoms with van der Waals surface area (Å²) in [6, 6.07) is 4.80. The van der Waals surface area contributed by atoms with E-state index in [1.165, 1.54) is 18.3 Å². The van der Waals surface area contributed by atoms with Gasteiger partial charge in [0.15, 0.2) is 5.82 Å². The molecule has 0 bridgehead atoms. The molecule has 0 radical (unpaired) electrons. The lowest BCUT2D eigenvalue weighted by atomic mass is 10.2. The predicted octanol–water partition coefficient (Wildman–Crippen LogP) is 4.32. The maximum atomic E-state index is 12.7. The smallest absolute Gasteiger partial charge is 0.354 e. The largest absolute Gasteiger partial charge is 0.416 e. The van der Waals surface area contributed by atoms with E-state index in [4.69, 9.17) is 11.6 Å². The molecule has 112 valence electrons. The van der Waals surface area contributed by atoms with Crippen molar-refractivity contribution in [2.24, 2.45) is 0 Å². The molecule has 2 rings (SSSR count). The van der Waals surface area contributed by atoms with Crippen LogP contribution in [-0.4, -0.2) is 16.5 Å². The zero-order valence-corrected chi connectivity index (χ0v) is 11.8. The Morgan fingerprint density at radius 3 is 2.71 bits per heavy atom. The van der Waals surface area contributed by atoms with Crippen LogP contribution in [0.25, 0.3) is 0 Å². The summed E-state index contributed by atoms with van der Waals surface area (Å²) in [7, 11) is 0. The second kappa shape index (κ2) is 6.17. The summed E-state index contributed by atoms with van der Waals surface area (Å²) in [5, 5.41) is 5.87. The van der Waals surface area contributed by atoms with E-state index >= 15 is 0 Å². The Hall–Kier alpha value is -2.02. The molecule has 4 nitrogen and oxygen atoms in total. The second-order valence-electron chi connectivity index (χ2n) is 4.12. The Morgan fingerprint density at radius 2 is 2.05 bits per heavy atom. The van der Waals surface area contributed by atoms with Gasteiger partial charge < -0.3 is 10.6 Å². The highest BCUT2D eigenvalue weighted by Gasteiger charge is 2.30. The van der Waals surface area contributed by atoms with E-state index in [0.29, 0.717) is 12.5 Å². The van der Waals surface area contributed by atoms with Gasteiger partial charge >= 0.3 is 6.18 Å². The molecule has 0 saturated heterocycles. The molecule has 0 unspecified atom stereocenters. The molecule has 0 aliphatic rings. The van der Waals surface area contributed by atoms with Gasteiger partial charge in [-0.25, -0.2) is 4.98 Å². The van der Waals surface area contributed by atoms with Crippen molar-refractivity contribution in [1.29, 1.82) is 0 Å². The molecular weight excluding hydrogens is 305 g/mol. The Kier molecular flexibility index (Phi) is 4.52. The van der Waals surface area contributed by atoms with Gasteiger partial charge in [0.2, 0.25) is 5.95 Å². The number of aromatic nitrogens is 2. The zero-order valence-electron chi connectivity index (χ0n) is 11.0. The van der Waals surface area contributed by atoms with Crippen LogP contribution in [0.1, 0.15) is 12.5 Å². The van der Waals surface area contributed by atoms with Crippen LogP contribution in [0.5, 0.6) is 0 Å². The topological polar surface area (TPSA) is 49.8 Å². The molecule has 0 atom stereocenters. The van der Waals surface area contributed by atoms with E-state index in [1.54, 1.807) is 0 Å². The number of halogens is 4. The van der Waals surface area contributed by atoms with Gasteiger partial charge in [-0.3, -0.25) is 0 Å². The summed E-state index contributed by atoms with van der Waals surface area (Å²) >= 11 is 5.94. The van der Waals surface area contributed by atoms with Crippen molar-refractivity contribution in [1.82, 2.24) is 9.97 Å². The normalized spacial score (nSPS) is 11.3. The van der Waals surface area contributed by atoms with E-state index in [9.17, 15) is 13.2 Å². The van der Waals surface area contributed by atoms with Crippen molar-refractivity contribution in [2.75, 3.05) is 17.2 Å². The predicted molar refractivity (Wildman–Crippen MR) is 75.9 cm³/mol. The first kappa shape index (κ1) is 15.4. The molecular formula is C13H12ClF3N4. The van der Waals surface area contributed by atoms with Gasteiger partial charge in [0.1, 0.15) is 5.02 Å². The first-order valence-electron chi connectivity index (χ1n) is 6.11. The van der Waals surface area contributed by atoms with E-state index in [0.717, 1.165) is 12.1 Å². The number of nitrogens with zero attached hydrogens (tertiary/aromatic N) is 2. The maximum absolute atomic E-state index is 12.7. The molecule has 0 aliphatic heterocycles. The van der Waals surface area contributed by atoms with Gasteiger partial charge in [-0.2, -0.15) is 18.2 Å². The van der Waals surface area contributed by atoms with Crippen LogP contribution in [-0.2, 0) is 6.18 Å². The Labute approximate surface area is 124 Å². The lowest BCUT2D eigenvalue weighted by Gasteiger charge is -2.11. The van der Waals surface area contributed by atoms with Crippen molar-refractivity contribution >= 4 is 29.1 Å². The van der Waals surface area contributed by atoms with Crippen LogP contribution < -0.4 is 10.6 Å². The average molecular weight is 317 g/mol. The SMILES string of the molecule is CCNc1ncc(Cl)c(Nc2cccc(C(F)(F)F)c2)n1. The van der Waals surface area contributed by atoms with Crippen LogP contribution in [0.2, 0.25) is 5.02 Å². The lowest BCUT2D eigenvalue weighted by molar-refractivity contribution is -0.137. The molecule has 1 aromatic carbocycles. The van der Waals surface area contributed by atoms with Crippen molar-refractivity contribution in [3.8, 4) is 0 Å². The molecule has 0 saturated carbocycles. The van der Waals surface area contributed by atoms with Crippen molar-refractivity contribution in [3.05, 3.63) is 41.0 Å². The molecule has 0 fully saturated rings. The molecule has 0 spiro atoms. The molecule has 2 N–H and O–H groups in total. The molecule has 0 aliphatic carbocycles. The highest BCUT2D eigenvalue weighted by Crippen LogP contribution is 2.32. The monoisotopic (exact) mass is 316 g/mol. The minimum atomic E-state index is -4.40. The molecule has 2 aromatic rings. The molecule has 0 amide bonds. The van der Waals surface area contributed by atoms with Gasteiger partial charge in [0.05, 0.1) is 11.8 Å². The van der Waals surface area contributed by atoms with Gasteiger partial charge in [-0.15, -0.1) is 0 Å². The zero-order chi connectivity index (χ0) is 15.5. The third-order valence-electron chi connectivity index (χ3n) is 2.53. The second-order valence-corrected chi connectivity index (χ2v) is 4.53. The van der Waals surface area contributed by atoms with Gasteiger partial charge in [0, 0.05) is 12.2 Å². The number of benzene rings is 1. The van der Waals surface area contributed by atoms with Crippen molar-refractivity contribution < 1.29 is 13.2 Å². The molecule has 21 heavy (non-hydrogen) atoms. The van der Waals surface area contributed by atoms with Crippen molar-refractivity contribution in [3.63, 3.8) is 0 Å². The van der Waals surface area contributed by atoms with Crippen molar-refractivity contribution in [2.45, 2.75) is 13.1 Å². The summed E-state index contributed by atoms with van der Waals surface area (Å²) in [5.74, 6) is 0.582. The summed E-state index contributed by atoms with van der Waals surface area (Å²) < 4.78 is 38.0. The first-order valence-corrected chi connectivity index (χ1v) is 6.48. The molecule has 1 aromatic heterocycles. The molecule has 1 heterocycles. The van der Waals surface area contributed by atoms with Crippen LogP contribution in [0, 0.1) is 0 Å². The number of anilines is 3. The van der Waals surface area contributed by atoms with Gasteiger partial charge in [0.25, 0.3) is 0 Å². The standard InChI is InChI=1S/C13H12ClF3N4/c1-2-18-12-19-7-10(14)11(21-12)20-9-5-3-4-8(6-9)13(15,16)17/h3-7H,2H2,1H3,(H2,18,19,20,21). The van der Waals surface area contributed by atoms with E-state index in [1.807, 2.05) is 6.92 Å². The number of nitrogens with one attached hydrogen (secondary N) is 2. The maximum Gasteiger partial charge on any atom is 0.416 e. The minimum absolute atomic E-state index is 0.217. The third kappa shape index (κ3) is 3.98. The van der Waals surface area contributed by atoms with E-state index in [2.05, 4.69) is 20.6 Å². The number of hydrogen-bond acceptors (Lipinski definition) is 4. The number of hydrogen-bond donors (Lipinski definition) is 2. The fourth-order valence-electron chi connectivity index (χ4n) is 1.61. The average Bonchev–Trinajstić information content (AvgIpc) is 2.42. The van der Waals surface area contributed by atoms with Gasteiger partial charge in [-0.1, -0.05) is 17.7 Å². The minimum Gasteiger partial charge on any atom is -0.354 e. The lowest BCUT2D eigenvalue weighted by Crippen LogP contribution is -2.06. The van der Waals surface area contributed by atoms with Crippen LogP contribution in [0.3, 0.4) is 0 Å². The Balaban J connectivity index is 2.27. The van der Waals surface area contributed by atoms with E-state index < -0.39 is 11.7 Å². The fourth-order valence-corrected chi connectivity index (χ4v) is 1.75. The van der Waals surface area contributed by atoms with Crippen LogP contribution in [0.4, 0.5) is 30.6 Å². The number of alkyl halides is 3.